The number of aromatic nitrogens is 2. The zero-order valence-corrected chi connectivity index (χ0v) is 14.2. The maximum Gasteiger partial charge on any atom is 0.359 e. The van der Waals surface area contributed by atoms with E-state index in [-0.39, 0.29) is 16.9 Å². The van der Waals surface area contributed by atoms with Crippen LogP contribution in [-0.4, -0.2) is 39.0 Å². The number of fused-ring (bicyclic) bond motifs is 1. The first-order valence-electron chi connectivity index (χ1n) is 8.01. The highest BCUT2D eigenvalue weighted by molar-refractivity contribution is 5.98. The number of benzene rings is 2. The third-order valence-corrected chi connectivity index (χ3v) is 3.69. The van der Waals surface area contributed by atoms with Crippen LogP contribution in [0.2, 0.25) is 0 Å². The van der Waals surface area contributed by atoms with Crippen molar-refractivity contribution in [3.63, 3.8) is 0 Å². The van der Waals surface area contributed by atoms with Gasteiger partial charge in [0.1, 0.15) is 0 Å². The van der Waals surface area contributed by atoms with E-state index in [2.05, 4.69) is 15.3 Å². The van der Waals surface area contributed by atoms with Gasteiger partial charge in [-0.15, -0.1) is 0 Å². The second kappa shape index (κ2) is 7.61. The molecule has 1 amide bonds. The van der Waals surface area contributed by atoms with Gasteiger partial charge in [-0.3, -0.25) is 9.78 Å². The smallest absolute Gasteiger partial charge is 0.359 e. The number of carboxylic acids is 1. The summed E-state index contributed by atoms with van der Waals surface area (Å²) in [6.45, 7) is 1.41. The summed E-state index contributed by atoms with van der Waals surface area (Å²) in [5.74, 6) is -2.49. The molecule has 3 rings (SSSR count). The third kappa shape index (κ3) is 4.24. The lowest BCUT2D eigenvalue weighted by Crippen LogP contribution is -2.30. The molecule has 2 aromatic carbocycles. The Morgan fingerprint density at radius 3 is 2.56 bits per heavy atom. The topological polar surface area (TPSA) is 118 Å². The molecule has 8 nitrogen and oxygen atoms in total. The number of nitrogens with zero attached hydrogens (tertiary/aromatic N) is 2. The molecule has 0 aliphatic heterocycles. The van der Waals surface area contributed by atoms with E-state index in [9.17, 15) is 14.4 Å². The Bertz CT molecular complexity index is 1030. The van der Waals surface area contributed by atoms with E-state index >= 15 is 0 Å². The minimum absolute atomic E-state index is 0.0128. The minimum Gasteiger partial charge on any atom is -0.478 e. The van der Waals surface area contributed by atoms with Crippen molar-refractivity contribution in [3.05, 3.63) is 66.0 Å². The summed E-state index contributed by atoms with van der Waals surface area (Å²) in [6.07, 6.45) is 0.172. The van der Waals surface area contributed by atoms with Crippen LogP contribution in [0.4, 0.5) is 5.69 Å². The van der Waals surface area contributed by atoms with Gasteiger partial charge in [-0.2, -0.15) is 0 Å². The van der Waals surface area contributed by atoms with Crippen LogP contribution in [0.25, 0.3) is 11.0 Å². The van der Waals surface area contributed by atoms with Crippen LogP contribution in [0.15, 0.2) is 54.7 Å². The summed E-state index contributed by atoms with van der Waals surface area (Å²) >= 11 is 0. The summed E-state index contributed by atoms with van der Waals surface area (Å²) in [6, 6.07) is 12.8. The number of esters is 1. The molecule has 0 radical (unpaired) electrons. The van der Waals surface area contributed by atoms with Crippen molar-refractivity contribution in [2.45, 2.75) is 13.0 Å². The number of rotatable bonds is 5. The van der Waals surface area contributed by atoms with E-state index in [4.69, 9.17) is 9.84 Å². The molecule has 0 aliphatic rings. The van der Waals surface area contributed by atoms with Crippen LogP contribution in [0.1, 0.15) is 27.8 Å². The van der Waals surface area contributed by atoms with Gasteiger partial charge in [-0.25, -0.2) is 14.6 Å². The summed E-state index contributed by atoms with van der Waals surface area (Å²) in [5, 5.41) is 11.5. The summed E-state index contributed by atoms with van der Waals surface area (Å²) in [5.41, 5.74) is 1.48. The Morgan fingerprint density at radius 2 is 1.81 bits per heavy atom. The number of para-hydroxylation sites is 2. The molecule has 0 saturated heterocycles. The fourth-order valence-electron chi connectivity index (χ4n) is 2.30. The highest BCUT2D eigenvalue weighted by Crippen LogP contribution is 2.13. The average Bonchev–Trinajstić information content (AvgIpc) is 2.67. The SMILES string of the molecule is CC(OC(=O)c1cnc2ccccc2n1)C(=O)Nc1cccc(C(=O)O)c1. The Labute approximate surface area is 153 Å². The first kappa shape index (κ1) is 18.0. The fraction of sp³-hybridized carbons (Fsp3) is 0.105. The van der Waals surface area contributed by atoms with Crippen LogP contribution >= 0.6 is 0 Å². The molecule has 2 N–H and O–H groups in total. The molecule has 1 heterocycles. The molecule has 27 heavy (non-hydrogen) atoms. The molecule has 0 bridgehead atoms. The predicted octanol–water partition coefficient (Wildman–Crippen LogP) is 2.51. The van der Waals surface area contributed by atoms with Gasteiger partial charge in [0.15, 0.2) is 11.8 Å². The third-order valence-electron chi connectivity index (χ3n) is 3.69. The molecule has 0 aliphatic carbocycles. The van der Waals surface area contributed by atoms with E-state index < -0.39 is 23.9 Å². The highest BCUT2D eigenvalue weighted by Gasteiger charge is 2.20. The van der Waals surface area contributed by atoms with Crippen molar-refractivity contribution in [1.29, 1.82) is 0 Å². The monoisotopic (exact) mass is 365 g/mol. The molecule has 1 unspecified atom stereocenters. The second-order valence-corrected chi connectivity index (χ2v) is 5.67. The van der Waals surface area contributed by atoms with Gasteiger partial charge in [-0.05, 0) is 37.3 Å². The largest absolute Gasteiger partial charge is 0.478 e. The van der Waals surface area contributed by atoms with Crippen LogP contribution in [-0.2, 0) is 9.53 Å². The Hall–Kier alpha value is -3.81. The molecule has 0 spiro atoms. The standard InChI is InChI=1S/C19H15N3O5/c1-11(17(23)21-13-6-4-5-12(9-13)18(24)25)27-19(26)16-10-20-14-7-2-3-8-15(14)22-16/h2-11H,1H3,(H,21,23)(H,24,25). The van der Waals surface area contributed by atoms with Crippen molar-refractivity contribution in [2.75, 3.05) is 5.32 Å². The van der Waals surface area contributed by atoms with Gasteiger partial charge in [0, 0.05) is 5.69 Å². The van der Waals surface area contributed by atoms with Crippen LogP contribution in [0.5, 0.6) is 0 Å². The maximum absolute atomic E-state index is 12.2. The molecule has 1 atom stereocenters. The van der Waals surface area contributed by atoms with Crippen molar-refractivity contribution < 1.29 is 24.2 Å². The predicted molar refractivity (Wildman–Crippen MR) is 96.4 cm³/mol. The van der Waals surface area contributed by atoms with E-state index in [1.165, 1.54) is 37.4 Å². The Balaban J connectivity index is 1.67. The molecule has 0 fully saturated rings. The minimum atomic E-state index is -1.11. The molecule has 8 heteroatoms. The first-order valence-corrected chi connectivity index (χ1v) is 8.01. The molecular weight excluding hydrogens is 350 g/mol. The number of hydrogen-bond acceptors (Lipinski definition) is 6. The maximum atomic E-state index is 12.2. The van der Waals surface area contributed by atoms with Crippen molar-refractivity contribution in [2.24, 2.45) is 0 Å². The number of ether oxygens (including phenoxy) is 1. The lowest BCUT2D eigenvalue weighted by atomic mass is 10.2. The number of amides is 1. The zero-order chi connectivity index (χ0) is 19.4. The quantitative estimate of drug-likeness (QED) is 0.667. The second-order valence-electron chi connectivity index (χ2n) is 5.67. The van der Waals surface area contributed by atoms with Crippen molar-refractivity contribution >= 4 is 34.6 Å². The zero-order valence-electron chi connectivity index (χ0n) is 14.2. The molecular formula is C19H15N3O5. The van der Waals surface area contributed by atoms with Gasteiger partial charge in [0.05, 0.1) is 22.8 Å². The molecule has 1 aromatic heterocycles. The highest BCUT2D eigenvalue weighted by atomic mass is 16.5. The van der Waals surface area contributed by atoms with Crippen molar-refractivity contribution in [1.82, 2.24) is 9.97 Å². The van der Waals surface area contributed by atoms with E-state index in [0.29, 0.717) is 11.0 Å². The Morgan fingerprint density at radius 1 is 1.07 bits per heavy atom. The van der Waals surface area contributed by atoms with E-state index in [1.807, 2.05) is 0 Å². The fourth-order valence-corrected chi connectivity index (χ4v) is 2.30. The molecule has 136 valence electrons. The number of carbonyl (C=O) groups is 3. The van der Waals surface area contributed by atoms with Gasteiger partial charge in [0.25, 0.3) is 5.91 Å². The number of hydrogen-bond donors (Lipinski definition) is 2. The van der Waals surface area contributed by atoms with Crippen molar-refractivity contribution in [3.8, 4) is 0 Å². The number of carbonyl (C=O) groups excluding carboxylic acids is 2. The van der Waals surface area contributed by atoms with Gasteiger partial charge >= 0.3 is 11.9 Å². The number of aromatic carboxylic acids is 1. The lowest BCUT2D eigenvalue weighted by Gasteiger charge is -2.13. The first-order chi connectivity index (χ1) is 12.9. The van der Waals surface area contributed by atoms with Crippen LogP contribution in [0, 0.1) is 0 Å². The average molecular weight is 365 g/mol. The number of nitrogens with one attached hydrogen (secondary N) is 1. The summed E-state index contributed by atoms with van der Waals surface area (Å²) in [7, 11) is 0. The normalized spacial score (nSPS) is 11.6. The van der Waals surface area contributed by atoms with Gasteiger partial charge < -0.3 is 15.2 Å². The van der Waals surface area contributed by atoms with Crippen LogP contribution in [0.3, 0.4) is 0 Å². The summed E-state index contributed by atoms with van der Waals surface area (Å²) < 4.78 is 5.13. The molecule has 3 aromatic rings. The Kier molecular flexibility index (Phi) is 5.07. The van der Waals surface area contributed by atoms with E-state index in [0.717, 1.165) is 0 Å². The van der Waals surface area contributed by atoms with Gasteiger partial charge in [-0.1, -0.05) is 18.2 Å². The summed E-state index contributed by atoms with van der Waals surface area (Å²) in [4.78, 5) is 43.7. The van der Waals surface area contributed by atoms with E-state index in [1.54, 1.807) is 24.3 Å². The number of carboxylic acid groups (broad SMARTS) is 1. The molecule has 0 saturated carbocycles. The number of anilines is 1. The van der Waals surface area contributed by atoms with Crippen LogP contribution < -0.4 is 5.32 Å². The lowest BCUT2D eigenvalue weighted by molar-refractivity contribution is -0.123. The van der Waals surface area contributed by atoms with Gasteiger partial charge in [0.2, 0.25) is 0 Å².